The van der Waals surface area contributed by atoms with Crippen LogP contribution in [0.1, 0.15) is 18.7 Å². The highest BCUT2D eigenvalue weighted by atomic mass is 35.5. The van der Waals surface area contributed by atoms with Gasteiger partial charge in [0.25, 0.3) is 0 Å². The molecule has 2 aromatic carbocycles. The average Bonchev–Trinajstić information content (AvgIpc) is 2.99. The van der Waals surface area contributed by atoms with Crippen LogP contribution in [0.5, 0.6) is 0 Å². The molecule has 2 N–H and O–H groups in total. The zero-order chi connectivity index (χ0) is 16.7. The normalized spacial score (nSPS) is 15.9. The largest absolute Gasteiger partial charge is 0.761 e. The number of nitrogens with one attached hydrogen (secondary N) is 2. The molecule has 7 heteroatoms. The second-order valence-electron chi connectivity index (χ2n) is 5.81. The Balaban J connectivity index is 2.00. The monoisotopic (exact) mass is 340 g/mol. The van der Waals surface area contributed by atoms with E-state index < -0.39 is 0 Å². The lowest BCUT2D eigenvalue weighted by Crippen LogP contribution is -2.09. The van der Waals surface area contributed by atoms with Crippen molar-refractivity contribution in [2.24, 2.45) is 0 Å². The van der Waals surface area contributed by atoms with E-state index in [-0.39, 0.29) is 5.92 Å². The number of hydrogen-bond acceptors (Lipinski definition) is 5. The molecule has 2 heterocycles. The number of aromatic nitrogens is 3. The number of anilines is 2. The van der Waals surface area contributed by atoms with Crippen LogP contribution in [0.2, 0.25) is 5.02 Å². The Labute approximate surface area is 144 Å². The third kappa shape index (κ3) is 2.31. The van der Waals surface area contributed by atoms with Crippen LogP contribution in [0.15, 0.2) is 42.5 Å². The lowest BCUT2D eigenvalue weighted by atomic mass is 10.1. The Morgan fingerprint density at radius 2 is 2.08 bits per heavy atom. The van der Waals surface area contributed by atoms with Gasteiger partial charge in [0.05, 0.1) is 11.4 Å². The Morgan fingerprint density at radius 1 is 1.25 bits per heavy atom. The first kappa shape index (κ1) is 15.0. The molecule has 0 aliphatic carbocycles. The summed E-state index contributed by atoms with van der Waals surface area (Å²) in [6, 6.07) is 12.9. The molecule has 0 radical (unpaired) electrons. The molecule has 1 aromatic heterocycles. The van der Waals surface area contributed by atoms with Crippen molar-refractivity contribution in [1.82, 2.24) is 14.8 Å². The minimum Gasteiger partial charge on any atom is -0.761 e. The molecule has 1 atom stereocenters. The van der Waals surface area contributed by atoms with Gasteiger partial charge < -0.3 is 16.0 Å². The van der Waals surface area contributed by atoms with E-state index in [2.05, 4.69) is 22.4 Å². The quantitative estimate of drug-likeness (QED) is 0.689. The number of rotatable bonds is 2. The fraction of sp³-hybridized carbons (Fsp3) is 0.176. The molecule has 0 spiro atoms. The predicted octanol–water partition coefficient (Wildman–Crippen LogP) is 4.03. The predicted molar refractivity (Wildman–Crippen MR) is 95.7 cm³/mol. The molecule has 122 valence electrons. The van der Waals surface area contributed by atoms with Crippen molar-refractivity contribution in [3.63, 3.8) is 0 Å². The summed E-state index contributed by atoms with van der Waals surface area (Å²) < 4.78 is 1.99. The third-order valence-corrected chi connectivity index (χ3v) is 4.44. The van der Waals surface area contributed by atoms with E-state index in [0.717, 1.165) is 23.7 Å². The van der Waals surface area contributed by atoms with Crippen LogP contribution < -0.4 is 10.8 Å². The zero-order valence-corrected chi connectivity index (χ0v) is 13.7. The summed E-state index contributed by atoms with van der Waals surface area (Å²) in [5.41, 5.74) is 4.99. The second kappa shape index (κ2) is 5.81. The van der Waals surface area contributed by atoms with Gasteiger partial charge in [-0.2, -0.15) is 0 Å². The topological polar surface area (TPSA) is 77.8 Å². The van der Waals surface area contributed by atoms with Gasteiger partial charge >= 0.3 is 0 Å². The average molecular weight is 341 g/mol. The summed E-state index contributed by atoms with van der Waals surface area (Å²) in [4.78, 5) is 0. The van der Waals surface area contributed by atoms with E-state index in [1.165, 1.54) is 0 Å². The van der Waals surface area contributed by atoms with Gasteiger partial charge in [-0.05, 0) is 30.3 Å². The number of nitrogens with zero attached hydrogens (tertiary/aromatic N) is 3. The van der Waals surface area contributed by atoms with Crippen molar-refractivity contribution in [3.05, 3.63) is 58.5 Å². The molecule has 0 amide bonds. The van der Waals surface area contributed by atoms with Crippen molar-refractivity contribution in [3.8, 4) is 17.1 Å². The highest BCUT2D eigenvalue weighted by Crippen LogP contribution is 2.36. The summed E-state index contributed by atoms with van der Waals surface area (Å²) in [5.74, 6) is 1.63. The number of para-hydroxylation sites is 1. The summed E-state index contributed by atoms with van der Waals surface area (Å²) in [6.45, 7) is 2.81. The fourth-order valence-corrected chi connectivity index (χ4v) is 3.17. The molecule has 1 aliphatic heterocycles. The Hall–Kier alpha value is -2.57. The second-order valence-corrected chi connectivity index (χ2v) is 6.24. The van der Waals surface area contributed by atoms with E-state index in [1.807, 2.05) is 40.4 Å². The highest BCUT2D eigenvalue weighted by Gasteiger charge is 2.25. The van der Waals surface area contributed by atoms with E-state index in [0.29, 0.717) is 22.1 Å². The van der Waals surface area contributed by atoms with Gasteiger partial charge in [-0.15, -0.1) is 10.2 Å². The molecule has 6 nitrogen and oxygen atoms in total. The van der Waals surface area contributed by atoms with Gasteiger partial charge in [-0.25, -0.2) is 0 Å². The van der Waals surface area contributed by atoms with Crippen molar-refractivity contribution < 1.29 is 0 Å². The smallest absolute Gasteiger partial charge is 0.170 e. The Kier molecular flexibility index (Phi) is 3.63. The van der Waals surface area contributed by atoms with Gasteiger partial charge in [-0.1, -0.05) is 30.7 Å². The molecule has 0 saturated carbocycles. The van der Waals surface area contributed by atoms with Crippen LogP contribution in [-0.4, -0.2) is 21.3 Å². The van der Waals surface area contributed by atoms with Crippen LogP contribution in [0.3, 0.4) is 0 Å². The maximum atomic E-state index is 11.3. The first-order chi connectivity index (χ1) is 11.7. The minimum absolute atomic E-state index is 0.157. The third-order valence-electron chi connectivity index (χ3n) is 4.20. The zero-order valence-electron chi connectivity index (χ0n) is 13.0. The molecule has 0 fully saturated rings. The van der Waals surface area contributed by atoms with Crippen molar-refractivity contribution >= 4 is 23.0 Å². The number of fused-ring (bicyclic) bond motifs is 3. The van der Waals surface area contributed by atoms with Crippen LogP contribution >= 0.6 is 11.6 Å². The first-order valence-electron chi connectivity index (χ1n) is 7.65. The molecule has 1 aliphatic rings. The maximum Gasteiger partial charge on any atom is 0.170 e. The van der Waals surface area contributed by atoms with Crippen molar-refractivity contribution in [1.29, 1.82) is 0 Å². The highest BCUT2D eigenvalue weighted by molar-refractivity contribution is 6.31. The molecular formula is C17H15ClN5O-. The number of benzene rings is 2. The summed E-state index contributed by atoms with van der Waals surface area (Å²) in [6.07, 6.45) is 0. The SMILES string of the molecule is CC1CNc2cc(Cl)ccc2-n2c(-c3ccccc3N[O-])nnc21. The van der Waals surface area contributed by atoms with E-state index >= 15 is 0 Å². The van der Waals surface area contributed by atoms with Gasteiger partial charge in [0, 0.05) is 28.7 Å². The molecule has 24 heavy (non-hydrogen) atoms. The van der Waals surface area contributed by atoms with Crippen LogP contribution in [0.25, 0.3) is 17.1 Å². The molecule has 0 saturated heterocycles. The lowest BCUT2D eigenvalue weighted by Gasteiger charge is -2.16. The van der Waals surface area contributed by atoms with E-state index in [9.17, 15) is 5.21 Å². The molecule has 1 unspecified atom stereocenters. The van der Waals surface area contributed by atoms with Gasteiger partial charge in [0.2, 0.25) is 0 Å². The van der Waals surface area contributed by atoms with E-state index in [1.54, 1.807) is 12.1 Å². The molecular weight excluding hydrogens is 326 g/mol. The minimum atomic E-state index is 0.157. The number of halogens is 1. The summed E-state index contributed by atoms with van der Waals surface area (Å²) in [5, 5.41) is 24.1. The fourth-order valence-electron chi connectivity index (χ4n) is 2.99. The molecule has 4 rings (SSSR count). The van der Waals surface area contributed by atoms with Gasteiger partial charge in [-0.3, -0.25) is 4.57 Å². The Bertz CT molecular complexity index is 908. The first-order valence-corrected chi connectivity index (χ1v) is 8.03. The van der Waals surface area contributed by atoms with Gasteiger partial charge in [0.1, 0.15) is 5.82 Å². The Morgan fingerprint density at radius 3 is 2.92 bits per heavy atom. The van der Waals surface area contributed by atoms with Crippen LogP contribution in [-0.2, 0) is 0 Å². The van der Waals surface area contributed by atoms with Crippen molar-refractivity contribution in [2.75, 3.05) is 17.3 Å². The maximum absolute atomic E-state index is 11.3. The van der Waals surface area contributed by atoms with Crippen molar-refractivity contribution in [2.45, 2.75) is 12.8 Å². The lowest BCUT2D eigenvalue weighted by molar-refractivity contribution is 0.725. The van der Waals surface area contributed by atoms with Crippen LogP contribution in [0.4, 0.5) is 11.4 Å². The van der Waals surface area contributed by atoms with E-state index in [4.69, 9.17) is 11.6 Å². The summed E-state index contributed by atoms with van der Waals surface area (Å²) in [7, 11) is 0. The molecule has 3 aromatic rings. The number of hydrogen-bond donors (Lipinski definition) is 2. The van der Waals surface area contributed by atoms with Crippen LogP contribution in [0, 0.1) is 5.21 Å². The summed E-state index contributed by atoms with van der Waals surface area (Å²) >= 11 is 6.14. The molecule has 0 bridgehead atoms. The van der Waals surface area contributed by atoms with Gasteiger partial charge in [0.15, 0.2) is 5.82 Å². The standard InChI is InChI=1S/C17H15ClN5O/c1-10-9-19-14-8-11(18)6-7-15(14)23-16(10)20-21-17(23)12-4-2-3-5-13(12)22-24/h2-8,10,19,22H,9H2,1H3/q-1.